The number of pyridine rings is 1. The van der Waals surface area contributed by atoms with Gasteiger partial charge >= 0.3 is 0 Å². The van der Waals surface area contributed by atoms with E-state index in [-0.39, 0.29) is 0 Å². The molecule has 3 heteroatoms. The summed E-state index contributed by atoms with van der Waals surface area (Å²) in [6.07, 6.45) is 1.77. The second-order valence-electron chi connectivity index (χ2n) is 3.77. The van der Waals surface area contributed by atoms with Gasteiger partial charge in [-0.3, -0.25) is 0 Å². The Morgan fingerprint density at radius 3 is 2.82 bits per heavy atom. The number of hydrogen-bond acceptors (Lipinski definition) is 3. The zero-order valence-electron chi connectivity index (χ0n) is 10.1. The highest BCUT2D eigenvalue weighted by Crippen LogP contribution is 2.25. The van der Waals surface area contributed by atoms with Crippen LogP contribution in [0.4, 0.5) is 0 Å². The molecule has 2 rings (SSSR count). The molecule has 0 saturated carbocycles. The molecule has 0 aliphatic rings. The van der Waals surface area contributed by atoms with E-state index in [4.69, 9.17) is 4.74 Å². The van der Waals surface area contributed by atoms with E-state index in [1.807, 2.05) is 25.2 Å². The van der Waals surface area contributed by atoms with Gasteiger partial charge in [-0.15, -0.1) is 0 Å². The molecule has 1 heterocycles. The summed E-state index contributed by atoms with van der Waals surface area (Å²) < 4.78 is 5.15. The summed E-state index contributed by atoms with van der Waals surface area (Å²) in [7, 11) is 3.58. The largest absolute Gasteiger partial charge is 0.481 e. The van der Waals surface area contributed by atoms with Crippen LogP contribution in [0.2, 0.25) is 0 Å². The average molecular weight is 228 g/mol. The minimum atomic E-state index is 0.641. The van der Waals surface area contributed by atoms with Crippen molar-refractivity contribution in [3.63, 3.8) is 0 Å². The molecule has 88 valence electrons. The van der Waals surface area contributed by atoms with Gasteiger partial charge in [0.05, 0.1) is 7.11 Å². The summed E-state index contributed by atoms with van der Waals surface area (Å²) in [5.41, 5.74) is 3.61. The first-order chi connectivity index (χ1) is 8.35. The second kappa shape index (κ2) is 5.46. The fourth-order valence-corrected chi connectivity index (χ4v) is 1.84. The monoisotopic (exact) mass is 228 g/mol. The van der Waals surface area contributed by atoms with E-state index in [1.165, 1.54) is 11.1 Å². The Hall–Kier alpha value is -1.87. The van der Waals surface area contributed by atoms with Crippen molar-refractivity contribution in [2.24, 2.45) is 0 Å². The third-order valence-electron chi connectivity index (χ3n) is 2.64. The van der Waals surface area contributed by atoms with Crippen LogP contribution in [0, 0.1) is 0 Å². The van der Waals surface area contributed by atoms with Gasteiger partial charge in [0.2, 0.25) is 5.88 Å². The summed E-state index contributed by atoms with van der Waals surface area (Å²) in [5, 5.41) is 3.18. The number of nitrogens with zero attached hydrogens (tertiary/aromatic N) is 1. The number of hydrogen-bond donors (Lipinski definition) is 1. The number of aromatic nitrogens is 1. The Bertz CT molecular complexity index is 497. The van der Waals surface area contributed by atoms with Crippen molar-refractivity contribution in [3.05, 3.63) is 48.2 Å². The highest BCUT2D eigenvalue weighted by Gasteiger charge is 2.05. The summed E-state index contributed by atoms with van der Waals surface area (Å²) >= 11 is 0. The van der Waals surface area contributed by atoms with Crippen molar-refractivity contribution < 1.29 is 4.74 Å². The molecule has 0 atom stereocenters. The predicted molar refractivity (Wildman–Crippen MR) is 69.0 cm³/mol. The topological polar surface area (TPSA) is 34.2 Å². The van der Waals surface area contributed by atoms with Crippen molar-refractivity contribution >= 4 is 0 Å². The van der Waals surface area contributed by atoms with Gasteiger partial charge in [0.1, 0.15) is 0 Å². The highest BCUT2D eigenvalue weighted by molar-refractivity contribution is 5.67. The Kier molecular flexibility index (Phi) is 3.73. The summed E-state index contributed by atoms with van der Waals surface area (Å²) in [6, 6.07) is 12.3. The standard InChI is InChI=1S/C14H16N2O/c1-15-10-12-5-3-4-6-13(12)11-7-8-16-14(9-11)17-2/h3-9,15H,10H2,1-2H3. The van der Waals surface area contributed by atoms with Crippen LogP contribution in [0.25, 0.3) is 11.1 Å². The lowest BCUT2D eigenvalue weighted by Gasteiger charge is -2.09. The number of nitrogens with one attached hydrogen (secondary N) is 1. The number of rotatable bonds is 4. The van der Waals surface area contributed by atoms with Crippen LogP contribution in [-0.2, 0) is 6.54 Å². The first-order valence-corrected chi connectivity index (χ1v) is 5.58. The van der Waals surface area contributed by atoms with Crippen LogP contribution in [-0.4, -0.2) is 19.1 Å². The molecule has 0 spiro atoms. The van der Waals surface area contributed by atoms with Crippen molar-refractivity contribution in [2.45, 2.75) is 6.54 Å². The van der Waals surface area contributed by atoms with Crippen molar-refractivity contribution in [3.8, 4) is 17.0 Å². The molecule has 1 aromatic carbocycles. The number of methoxy groups -OCH3 is 1. The molecule has 1 aromatic heterocycles. The van der Waals surface area contributed by atoms with Crippen LogP contribution in [0.1, 0.15) is 5.56 Å². The molecule has 3 nitrogen and oxygen atoms in total. The third-order valence-corrected chi connectivity index (χ3v) is 2.64. The van der Waals surface area contributed by atoms with Crippen LogP contribution in [0.15, 0.2) is 42.6 Å². The van der Waals surface area contributed by atoms with Crippen LogP contribution < -0.4 is 10.1 Å². The van der Waals surface area contributed by atoms with Gasteiger partial charge in [-0.25, -0.2) is 4.98 Å². The molecule has 2 aromatic rings. The van der Waals surface area contributed by atoms with E-state index in [0.717, 1.165) is 12.1 Å². The van der Waals surface area contributed by atoms with Gasteiger partial charge in [0.15, 0.2) is 0 Å². The predicted octanol–water partition coefficient (Wildman–Crippen LogP) is 2.48. The minimum absolute atomic E-state index is 0.641. The lowest BCUT2D eigenvalue weighted by Crippen LogP contribution is -2.06. The molecular formula is C14H16N2O. The normalized spacial score (nSPS) is 10.2. The smallest absolute Gasteiger partial charge is 0.213 e. The lowest BCUT2D eigenvalue weighted by molar-refractivity contribution is 0.398. The maximum Gasteiger partial charge on any atom is 0.213 e. The lowest BCUT2D eigenvalue weighted by atomic mass is 10.0. The average Bonchev–Trinajstić information content (AvgIpc) is 2.40. The molecular weight excluding hydrogens is 212 g/mol. The maximum atomic E-state index is 5.15. The maximum absolute atomic E-state index is 5.15. The fourth-order valence-electron chi connectivity index (χ4n) is 1.84. The number of ether oxygens (including phenoxy) is 1. The zero-order valence-corrected chi connectivity index (χ0v) is 10.1. The van der Waals surface area contributed by atoms with Crippen LogP contribution in [0.5, 0.6) is 5.88 Å². The third kappa shape index (κ3) is 2.63. The van der Waals surface area contributed by atoms with Crippen molar-refractivity contribution in [1.29, 1.82) is 0 Å². The molecule has 1 N–H and O–H groups in total. The Morgan fingerprint density at radius 1 is 1.24 bits per heavy atom. The molecule has 0 aliphatic heterocycles. The Labute approximate surface area is 101 Å². The summed E-state index contributed by atoms with van der Waals surface area (Å²) in [4.78, 5) is 4.12. The van der Waals surface area contributed by atoms with E-state index in [1.54, 1.807) is 13.3 Å². The summed E-state index contributed by atoms with van der Waals surface area (Å²) in [6.45, 7) is 0.848. The first-order valence-electron chi connectivity index (χ1n) is 5.58. The molecule has 0 bridgehead atoms. The Morgan fingerprint density at radius 2 is 2.06 bits per heavy atom. The van der Waals surface area contributed by atoms with E-state index in [9.17, 15) is 0 Å². The highest BCUT2D eigenvalue weighted by atomic mass is 16.5. The zero-order chi connectivity index (χ0) is 12.1. The SMILES string of the molecule is CNCc1ccccc1-c1ccnc(OC)c1. The minimum Gasteiger partial charge on any atom is -0.481 e. The molecule has 0 aliphatic carbocycles. The van der Waals surface area contributed by atoms with Gasteiger partial charge in [-0.05, 0) is 29.8 Å². The second-order valence-corrected chi connectivity index (χ2v) is 3.77. The number of benzene rings is 1. The van der Waals surface area contributed by atoms with E-state index in [2.05, 4.69) is 28.5 Å². The quantitative estimate of drug-likeness (QED) is 0.873. The van der Waals surface area contributed by atoms with Gasteiger partial charge in [-0.2, -0.15) is 0 Å². The molecule has 0 saturated heterocycles. The van der Waals surface area contributed by atoms with Crippen molar-refractivity contribution in [1.82, 2.24) is 10.3 Å². The molecule has 0 unspecified atom stereocenters. The molecule has 0 amide bonds. The van der Waals surface area contributed by atoms with Crippen LogP contribution >= 0.6 is 0 Å². The van der Waals surface area contributed by atoms with Gasteiger partial charge < -0.3 is 10.1 Å². The van der Waals surface area contributed by atoms with E-state index in [0.29, 0.717) is 5.88 Å². The fraction of sp³-hybridized carbons (Fsp3) is 0.214. The van der Waals surface area contributed by atoms with Crippen molar-refractivity contribution in [2.75, 3.05) is 14.2 Å². The van der Waals surface area contributed by atoms with Gasteiger partial charge in [0.25, 0.3) is 0 Å². The first kappa shape index (κ1) is 11.6. The van der Waals surface area contributed by atoms with Gasteiger partial charge in [-0.1, -0.05) is 24.3 Å². The van der Waals surface area contributed by atoms with Crippen LogP contribution in [0.3, 0.4) is 0 Å². The molecule has 0 radical (unpaired) electrons. The molecule has 0 fully saturated rings. The van der Waals surface area contributed by atoms with E-state index < -0.39 is 0 Å². The Balaban J connectivity index is 2.44. The van der Waals surface area contributed by atoms with Gasteiger partial charge in [0, 0.05) is 18.8 Å². The summed E-state index contributed by atoms with van der Waals surface area (Å²) in [5.74, 6) is 0.641. The molecule has 17 heavy (non-hydrogen) atoms. The van der Waals surface area contributed by atoms with E-state index >= 15 is 0 Å².